The molecule has 0 bridgehead atoms. The summed E-state index contributed by atoms with van der Waals surface area (Å²) in [4.78, 5) is 6.43. The summed E-state index contributed by atoms with van der Waals surface area (Å²) in [6, 6.07) is 4.11. The lowest BCUT2D eigenvalue weighted by molar-refractivity contribution is 0.0788. The molecule has 0 spiro atoms. The predicted molar refractivity (Wildman–Crippen MR) is 75.3 cm³/mol. The van der Waals surface area contributed by atoms with Gasteiger partial charge < -0.3 is 5.11 Å². The van der Waals surface area contributed by atoms with Gasteiger partial charge in [0.1, 0.15) is 0 Å². The molecule has 1 unspecified atom stereocenters. The fourth-order valence-electron chi connectivity index (χ4n) is 2.38. The number of aliphatic hydroxyl groups is 1. The maximum atomic E-state index is 9.59. The second-order valence-corrected chi connectivity index (χ2v) is 5.38. The maximum Gasteiger partial charge on any atom is 0.0497 e. The minimum Gasteiger partial charge on any atom is -0.396 e. The summed E-state index contributed by atoms with van der Waals surface area (Å²) in [6.07, 6.45) is 5.85. The number of nitrogens with zero attached hydrogens (tertiary/aromatic N) is 2. The average Bonchev–Trinajstić information content (AvgIpc) is 2.39. The van der Waals surface area contributed by atoms with E-state index in [1.54, 1.807) is 0 Å². The van der Waals surface area contributed by atoms with Crippen LogP contribution in [0.5, 0.6) is 0 Å². The van der Waals surface area contributed by atoms with Crippen LogP contribution in [0.25, 0.3) is 0 Å². The third-order valence-electron chi connectivity index (χ3n) is 3.44. The van der Waals surface area contributed by atoms with Crippen molar-refractivity contribution in [1.82, 2.24) is 9.88 Å². The normalized spacial score (nSPS) is 14.7. The van der Waals surface area contributed by atoms with Crippen molar-refractivity contribution in [2.45, 2.75) is 40.2 Å². The summed E-state index contributed by atoms with van der Waals surface area (Å²) in [5, 5.41) is 9.59. The highest BCUT2D eigenvalue weighted by Crippen LogP contribution is 2.24. The highest BCUT2D eigenvalue weighted by molar-refractivity contribution is 5.09. The molecule has 1 aromatic rings. The van der Waals surface area contributed by atoms with E-state index >= 15 is 0 Å². The fraction of sp³-hybridized carbons (Fsp3) is 0.667. The Morgan fingerprint density at radius 1 is 1.28 bits per heavy atom. The van der Waals surface area contributed by atoms with E-state index in [0.29, 0.717) is 0 Å². The van der Waals surface area contributed by atoms with Crippen LogP contribution >= 0.6 is 0 Å². The van der Waals surface area contributed by atoms with E-state index in [-0.39, 0.29) is 12.0 Å². The van der Waals surface area contributed by atoms with Crippen LogP contribution in [0.2, 0.25) is 0 Å². The van der Waals surface area contributed by atoms with Gasteiger partial charge in [0, 0.05) is 37.5 Å². The van der Waals surface area contributed by atoms with Gasteiger partial charge in [-0.2, -0.15) is 0 Å². The number of pyridine rings is 1. The van der Waals surface area contributed by atoms with Gasteiger partial charge in [0.25, 0.3) is 0 Å². The van der Waals surface area contributed by atoms with Crippen molar-refractivity contribution in [2.75, 3.05) is 19.7 Å². The number of aromatic nitrogens is 1. The molecule has 3 heteroatoms. The van der Waals surface area contributed by atoms with E-state index < -0.39 is 0 Å². The van der Waals surface area contributed by atoms with Gasteiger partial charge in [0.05, 0.1) is 0 Å². The molecule has 1 rings (SSSR count). The van der Waals surface area contributed by atoms with Gasteiger partial charge in [0.15, 0.2) is 0 Å². The summed E-state index contributed by atoms with van der Waals surface area (Å²) in [5.74, 6) is 0. The van der Waals surface area contributed by atoms with Gasteiger partial charge in [-0.25, -0.2) is 0 Å². The Labute approximate surface area is 111 Å². The van der Waals surface area contributed by atoms with E-state index in [0.717, 1.165) is 32.5 Å². The molecule has 0 aliphatic heterocycles. The van der Waals surface area contributed by atoms with E-state index in [9.17, 15) is 5.11 Å². The molecule has 1 aromatic heterocycles. The van der Waals surface area contributed by atoms with Crippen LogP contribution in [0.3, 0.4) is 0 Å². The van der Waals surface area contributed by atoms with E-state index in [1.807, 2.05) is 12.4 Å². The molecular weight excluding hydrogens is 224 g/mol. The van der Waals surface area contributed by atoms with Crippen molar-refractivity contribution in [3.8, 4) is 0 Å². The molecule has 1 atom stereocenters. The Balaban J connectivity index is 2.61. The van der Waals surface area contributed by atoms with Crippen molar-refractivity contribution in [1.29, 1.82) is 0 Å². The van der Waals surface area contributed by atoms with Gasteiger partial charge in [-0.1, -0.05) is 27.2 Å². The van der Waals surface area contributed by atoms with Crippen molar-refractivity contribution in [3.05, 3.63) is 30.1 Å². The first-order chi connectivity index (χ1) is 8.63. The first-order valence-electron chi connectivity index (χ1n) is 6.85. The minimum atomic E-state index is 0.0117. The SMILES string of the molecule is CCCC(C)(CO)CN(CC)Cc1ccncc1. The third-order valence-corrected chi connectivity index (χ3v) is 3.44. The van der Waals surface area contributed by atoms with Crippen molar-refractivity contribution < 1.29 is 5.11 Å². The summed E-state index contributed by atoms with van der Waals surface area (Å²) >= 11 is 0. The molecule has 1 heterocycles. The Morgan fingerprint density at radius 3 is 2.44 bits per heavy atom. The van der Waals surface area contributed by atoms with Gasteiger partial charge in [-0.05, 0) is 30.7 Å². The number of hydrogen-bond donors (Lipinski definition) is 1. The second-order valence-electron chi connectivity index (χ2n) is 5.38. The lowest BCUT2D eigenvalue weighted by Crippen LogP contribution is -2.38. The maximum absolute atomic E-state index is 9.59. The van der Waals surface area contributed by atoms with Gasteiger partial charge >= 0.3 is 0 Å². The fourth-order valence-corrected chi connectivity index (χ4v) is 2.38. The Kier molecular flexibility index (Phi) is 6.30. The molecule has 0 amide bonds. The van der Waals surface area contributed by atoms with Crippen LogP contribution < -0.4 is 0 Å². The first-order valence-corrected chi connectivity index (χ1v) is 6.85. The van der Waals surface area contributed by atoms with Gasteiger partial charge in [-0.15, -0.1) is 0 Å². The molecule has 0 saturated carbocycles. The van der Waals surface area contributed by atoms with Crippen molar-refractivity contribution in [3.63, 3.8) is 0 Å². The lowest BCUT2D eigenvalue weighted by atomic mass is 9.86. The van der Waals surface area contributed by atoms with Crippen molar-refractivity contribution in [2.24, 2.45) is 5.41 Å². The Hall–Kier alpha value is -0.930. The standard InChI is InChI=1S/C15H26N2O/c1-4-8-15(3,13-18)12-17(5-2)11-14-6-9-16-10-7-14/h6-7,9-10,18H,4-5,8,11-13H2,1-3H3. The molecular formula is C15H26N2O. The molecule has 3 nitrogen and oxygen atoms in total. The molecule has 102 valence electrons. The van der Waals surface area contributed by atoms with Gasteiger partial charge in [0.2, 0.25) is 0 Å². The van der Waals surface area contributed by atoms with Crippen LogP contribution in [0.4, 0.5) is 0 Å². The smallest absolute Gasteiger partial charge is 0.0497 e. The van der Waals surface area contributed by atoms with Crippen molar-refractivity contribution >= 4 is 0 Å². The molecule has 0 aromatic carbocycles. The third kappa shape index (κ3) is 4.75. The molecule has 18 heavy (non-hydrogen) atoms. The second kappa shape index (κ2) is 7.49. The Morgan fingerprint density at radius 2 is 1.94 bits per heavy atom. The average molecular weight is 250 g/mol. The van der Waals surface area contributed by atoms with Crippen LogP contribution in [-0.4, -0.2) is 34.7 Å². The Bertz CT molecular complexity index is 329. The molecule has 0 aliphatic carbocycles. The molecule has 1 N–H and O–H groups in total. The topological polar surface area (TPSA) is 36.4 Å². The largest absolute Gasteiger partial charge is 0.396 e. The summed E-state index contributed by atoms with van der Waals surface area (Å²) in [7, 11) is 0. The first kappa shape index (κ1) is 15.1. The highest BCUT2D eigenvalue weighted by atomic mass is 16.3. The van der Waals surface area contributed by atoms with Gasteiger partial charge in [-0.3, -0.25) is 9.88 Å². The van der Waals surface area contributed by atoms with E-state index in [2.05, 4.69) is 42.8 Å². The number of hydrogen-bond acceptors (Lipinski definition) is 3. The summed E-state index contributed by atoms with van der Waals surface area (Å²) in [6.45, 7) is 9.65. The summed E-state index contributed by atoms with van der Waals surface area (Å²) < 4.78 is 0. The molecule has 0 aliphatic rings. The molecule has 0 fully saturated rings. The minimum absolute atomic E-state index is 0.0117. The lowest BCUT2D eigenvalue weighted by Gasteiger charge is -2.33. The highest BCUT2D eigenvalue weighted by Gasteiger charge is 2.24. The monoisotopic (exact) mass is 250 g/mol. The number of aliphatic hydroxyl groups excluding tert-OH is 1. The zero-order chi connectivity index (χ0) is 13.4. The quantitative estimate of drug-likeness (QED) is 0.770. The van der Waals surface area contributed by atoms with E-state index in [4.69, 9.17) is 0 Å². The van der Waals surface area contributed by atoms with Crippen LogP contribution in [0.15, 0.2) is 24.5 Å². The predicted octanol–water partition coefficient (Wildman–Crippen LogP) is 2.70. The van der Waals surface area contributed by atoms with Crippen LogP contribution in [-0.2, 0) is 6.54 Å². The van der Waals surface area contributed by atoms with Crippen LogP contribution in [0, 0.1) is 5.41 Å². The van der Waals surface area contributed by atoms with Crippen LogP contribution in [0.1, 0.15) is 39.2 Å². The molecule has 0 radical (unpaired) electrons. The zero-order valence-electron chi connectivity index (χ0n) is 11.9. The molecule has 0 saturated heterocycles. The summed E-state index contributed by atoms with van der Waals surface area (Å²) in [5.41, 5.74) is 1.29. The van der Waals surface area contributed by atoms with E-state index in [1.165, 1.54) is 5.56 Å². The zero-order valence-corrected chi connectivity index (χ0v) is 11.9. The number of rotatable bonds is 8.